The van der Waals surface area contributed by atoms with Crippen LogP contribution >= 0.6 is 79.9 Å². The van der Waals surface area contributed by atoms with Crippen LogP contribution in [0.1, 0.15) is 200 Å². The Balaban J connectivity index is 0.000000164. The van der Waals surface area contributed by atoms with Gasteiger partial charge in [-0.25, -0.2) is 71.4 Å². The molecule has 10 heterocycles. The number of sulfone groups is 1. The van der Waals surface area contributed by atoms with Crippen LogP contribution in [0.3, 0.4) is 0 Å². The number of rotatable bonds is 32. The number of hydrogen-bond donors (Lipinski definition) is 5. The number of aromatic nitrogens is 10. The van der Waals surface area contributed by atoms with Gasteiger partial charge in [0, 0.05) is 128 Å². The van der Waals surface area contributed by atoms with E-state index in [-0.39, 0.29) is 41.3 Å². The Morgan fingerprint density at radius 2 is 0.745 bits per heavy atom. The molecule has 0 fully saturated rings. The Hall–Kier alpha value is -11.2. The summed E-state index contributed by atoms with van der Waals surface area (Å²) in [6.45, 7) is 64.3. The normalized spacial score (nSPS) is 11.7. The van der Waals surface area contributed by atoms with Crippen LogP contribution in [-0.4, -0.2) is 137 Å². The Bertz CT molecular complexity index is 6860. The highest BCUT2D eigenvalue weighted by Gasteiger charge is 2.25. The van der Waals surface area contributed by atoms with Crippen molar-refractivity contribution in [2.75, 3.05) is 45.9 Å². The van der Waals surface area contributed by atoms with Gasteiger partial charge >= 0.3 is 0 Å². The lowest BCUT2D eigenvalue weighted by atomic mass is 10.1. The Morgan fingerprint density at radius 3 is 1.15 bits per heavy atom. The quantitative estimate of drug-likeness (QED) is 0.0193. The topological polar surface area (TPSA) is 278 Å². The van der Waals surface area contributed by atoms with Crippen molar-refractivity contribution in [2.24, 2.45) is 0 Å². The number of pyridine rings is 5. The molecule has 0 bridgehead atoms. The zero-order chi connectivity index (χ0) is 99.5. The molecule has 0 aliphatic heterocycles. The van der Waals surface area contributed by atoms with E-state index in [1.54, 1.807) is 34.0 Å². The summed E-state index contributed by atoms with van der Waals surface area (Å²) in [5.74, 6) is 3.91. The molecule has 0 unspecified atom stereocenters. The molecule has 32 heteroatoms. The first-order valence-electron chi connectivity index (χ1n) is 46.2. The largest absolute Gasteiger partial charge is 0.490 e. The molecule has 137 heavy (non-hydrogen) atoms. The molecule has 24 nitrogen and oxygen atoms in total. The van der Waals surface area contributed by atoms with Crippen molar-refractivity contribution in [3.63, 3.8) is 0 Å². The number of thiazole rings is 5. The average Bonchev–Trinajstić information content (AvgIpc) is 1.77. The number of nitrogens with zero attached hydrogens (tertiary/aromatic N) is 12. The van der Waals surface area contributed by atoms with Crippen LogP contribution in [0.2, 0.25) is 9.36 Å². The Labute approximate surface area is 837 Å². The second-order valence-electron chi connectivity index (χ2n) is 37.7. The first kappa shape index (κ1) is 106. The second kappa shape index (κ2) is 47.9. The highest BCUT2D eigenvalue weighted by Crippen LogP contribution is 2.43. The summed E-state index contributed by atoms with van der Waals surface area (Å²) in [4.78, 5) is 54.3. The molecule has 10 aromatic heterocycles. The third kappa shape index (κ3) is 31.4. The summed E-state index contributed by atoms with van der Waals surface area (Å²) >= 11 is 20.8. The van der Waals surface area contributed by atoms with E-state index in [0.717, 1.165) is 174 Å². The lowest BCUT2D eigenvalue weighted by Crippen LogP contribution is -2.23. The number of aryl methyl sites for hydroxylation is 3. The van der Waals surface area contributed by atoms with Gasteiger partial charge in [-0.05, 0) is 255 Å². The van der Waals surface area contributed by atoms with E-state index in [1.807, 2.05) is 165 Å². The molecule has 0 atom stereocenters. The second-order valence-corrected chi connectivity index (χ2v) is 45.2. The number of benzene rings is 5. The van der Waals surface area contributed by atoms with Crippen molar-refractivity contribution in [3.05, 3.63) is 197 Å². The van der Waals surface area contributed by atoms with Gasteiger partial charge < -0.3 is 60.0 Å². The van der Waals surface area contributed by atoms with Crippen molar-refractivity contribution in [3.8, 4) is 85.7 Å². The third-order valence-electron chi connectivity index (χ3n) is 19.5. The van der Waals surface area contributed by atoms with Gasteiger partial charge in [0.15, 0.2) is 35.5 Å². The number of ether oxygens (including phenoxy) is 5. The summed E-state index contributed by atoms with van der Waals surface area (Å²) in [5, 5.41) is 34.3. The minimum atomic E-state index is -3.12. The summed E-state index contributed by atoms with van der Waals surface area (Å²) in [6, 6.07) is 39.7. The highest BCUT2D eigenvalue weighted by atomic mass is 35.5. The van der Waals surface area contributed by atoms with Crippen LogP contribution in [-0.2, 0) is 34.9 Å². The predicted octanol–water partition coefficient (Wildman–Crippen LogP) is 29.0. The number of hydrogen-bond acceptors (Lipinski definition) is 27. The van der Waals surface area contributed by atoms with Gasteiger partial charge in [-0.2, -0.15) is 0 Å². The molecule has 5 N–H and O–H groups in total. The number of halogens is 2. The third-order valence-corrected chi connectivity index (χ3v) is 25.0. The molecule has 0 saturated carbocycles. The fourth-order valence-corrected chi connectivity index (χ4v) is 19.8. The molecular weight excluding hydrogens is 1870 g/mol. The Morgan fingerprint density at radius 1 is 0.394 bits per heavy atom. The zero-order valence-corrected chi connectivity index (χ0v) is 89.4. The van der Waals surface area contributed by atoms with E-state index in [9.17, 15) is 8.42 Å². The van der Waals surface area contributed by atoms with Gasteiger partial charge in [-0.3, -0.25) is 0 Å². The highest BCUT2D eigenvalue weighted by molar-refractivity contribution is 7.89. The average molecular weight is 2000 g/mol. The van der Waals surface area contributed by atoms with E-state index in [0.29, 0.717) is 86.8 Å². The monoisotopic (exact) mass is 2000 g/mol. The molecule has 5 aromatic carbocycles. The van der Waals surface area contributed by atoms with Crippen LogP contribution < -0.4 is 50.3 Å². The summed E-state index contributed by atoms with van der Waals surface area (Å²) in [7, 11) is -3.12. The van der Waals surface area contributed by atoms with E-state index in [4.69, 9.17) is 94.9 Å². The fourth-order valence-electron chi connectivity index (χ4n) is 14.1. The minimum absolute atomic E-state index is 0.00255. The van der Waals surface area contributed by atoms with Crippen LogP contribution in [0.4, 0.5) is 25.7 Å². The molecule has 0 radical (unpaired) electrons. The lowest BCUT2D eigenvalue weighted by Gasteiger charge is -2.23. The molecule has 0 aliphatic carbocycles. The first-order chi connectivity index (χ1) is 64.8. The van der Waals surface area contributed by atoms with Gasteiger partial charge in [0.25, 0.3) is 0 Å². The maximum Gasteiger partial charge on any atom is 0.218 e. The van der Waals surface area contributed by atoms with Crippen LogP contribution in [0.5, 0.6) is 28.7 Å². The van der Waals surface area contributed by atoms with Gasteiger partial charge in [-0.1, -0.05) is 78.2 Å². The number of nitrogens with one attached hydrogen (secondary N) is 5. The fraction of sp³-hybridized carbons (Fsp3) is 0.410. The summed E-state index contributed by atoms with van der Waals surface area (Å²) in [6.07, 6.45) is 5.87. The van der Waals surface area contributed by atoms with E-state index in [2.05, 4.69) is 189 Å². The van der Waals surface area contributed by atoms with E-state index < -0.39 is 9.84 Å². The maximum absolute atomic E-state index is 11.7. The van der Waals surface area contributed by atoms with Gasteiger partial charge in [0.2, 0.25) is 13.1 Å². The molecule has 0 saturated heterocycles. The van der Waals surface area contributed by atoms with Crippen molar-refractivity contribution >= 4 is 170 Å². The lowest BCUT2D eigenvalue weighted by molar-refractivity contribution is 0.132. The summed E-state index contributed by atoms with van der Waals surface area (Å²) < 4.78 is 54.6. The van der Waals surface area contributed by atoms with Crippen LogP contribution in [0.15, 0.2) is 137 Å². The van der Waals surface area contributed by atoms with Crippen molar-refractivity contribution in [2.45, 2.75) is 264 Å². The first-order valence-corrected chi connectivity index (χ1v) is 53.4. The van der Waals surface area contributed by atoms with Gasteiger partial charge in [-0.15, -0.1) is 45.3 Å². The standard InChI is InChI=1S/C23H28N4OS.C21H23ClN4OS.C21H27N3OS.C20H24ClN3OS.C20H25N3O3S2/c1-15(2)25-22-27-20(14-29-22)19-13-21(28-23(3,4)5)17-10-9-16(8-7-11-24-6)12-18(17)26-19;1-12(2)24-21-26-17(11-28-21)16-10-18(27-13(3)4)15-7-6-14(8-9-23-5)19(22)20(15)25-16;1-6-7-15-8-9-16-17(10-15)23-18(11-20(16)25-14(4)5)19-12-26-21(24-19)22-13(2)3;1-11(2)22-19-24-17(18(21)26-19)15-10-16(25-20(4,5)6)13-8-7-12(3)9-14(13)23-15;1-12(2)21-20-23-18(10-27-20)17-9-19(26-13(3)4)15-7-6-14(8-16(15)22-17)11-28(5,24)25/h9-10,12-15H,7-8,11H2,1-5H3,(H,25,27);6-7,10-13H,8-9H2,1-4H3,(H,24,26);8-14H,6-7H2,1-5H3,(H,22,24);7-11H,1-6H3,(H,22,24);6-10,12-13H,11H2,1-5H3,(H,21,23). The van der Waals surface area contributed by atoms with Crippen LogP contribution in [0, 0.1) is 20.1 Å². The van der Waals surface area contributed by atoms with E-state index in [1.165, 1.54) is 40.1 Å². The molecule has 724 valence electrons. The summed E-state index contributed by atoms with van der Waals surface area (Å²) in [5.41, 5.74) is 16.5. The molecule has 15 aromatic rings. The molecule has 0 amide bonds. The zero-order valence-electron chi connectivity index (χ0n) is 83.0. The minimum Gasteiger partial charge on any atom is -0.490 e. The Kier molecular flexibility index (Phi) is 37.2. The predicted molar refractivity (Wildman–Crippen MR) is 578 cm³/mol. The number of anilines is 5. The SMILES string of the molecule is CC(C)Nc1nc(-c2cc(OC(C)C)c3ccc(CS(C)(=O)=O)cc3n2)cs1.CCCc1ccc2c(OC(C)C)cc(-c3csc(NC(C)C)n3)nc2c1.Cc1ccc2c(OC(C)(C)C)cc(-c3nc(NC(C)C)sc3Cl)nc2c1.[C-]#[N+]CCCc1ccc2c(OC(C)(C)C)cc(-c3csc(NC(C)C)n3)nc2c1.[C-]#[N+]CCc1ccc2c(OC(C)C)cc(-c3csc(NC(C)C)n3)nc2c1Cl. The van der Waals surface area contributed by atoms with E-state index >= 15 is 0 Å². The van der Waals surface area contributed by atoms with Gasteiger partial charge in [0.05, 0.1) is 85.1 Å². The smallest absolute Gasteiger partial charge is 0.218 e. The van der Waals surface area contributed by atoms with Crippen molar-refractivity contribution < 1.29 is 32.1 Å². The molecular formula is C105H127Cl2N17O7S6. The maximum atomic E-state index is 11.7. The number of fused-ring (bicyclic) bond motifs is 5. The molecule has 0 spiro atoms. The van der Waals surface area contributed by atoms with Gasteiger partial charge in [0.1, 0.15) is 72.8 Å². The van der Waals surface area contributed by atoms with Crippen molar-refractivity contribution in [1.29, 1.82) is 0 Å². The van der Waals surface area contributed by atoms with Crippen molar-refractivity contribution in [1.82, 2.24) is 49.8 Å². The molecule has 0 aliphatic rings. The molecule has 15 rings (SSSR count). The van der Waals surface area contributed by atoms with Crippen LogP contribution in [0.25, 0.3) is 121 Å².